The van der Waals surface area contributed by atoms with Crippen molar-refractivity contribution in [2.45, 2.75) is 111 Å². The predicted octanol–water partition coefficient (Wildman–Crippen LogP) is 8.61. The van der Waals surface area contributed by atoms with E-state index >= 15 is 0 Å². The second-order valence-electron chi connectivity index (χ2n) is 14.3. The number of carbonyl (C=O) groups excluding carboxylic acids is 1. The zero-order valence-electron chi connectivity index (χ0n) is 28.4. The number of rotatable bonds is 14. The van der Waals surface area contributed by atoms with Crippen molar-refractivity contribution in [1.82, 2.24) is 0 Å². The van der Waals surface area contributed by atoms with E-state index in [1.54, 1.807) is 7.11 Å². The lowest BCUT2D eigenvalue weighted by molar-refractivity contribution is -0.279. The maximum atomic E-state index is 14.1. The standard InChI is InChI=1S/C36H56O6Si/c1-24(2)33-27(5)32(40-35(41-33)29-17-19-30(38-9)20-18-29)21-31(37)26(4)34(42-43(10,11)36(6,7)8)25(3)22-39-23-28-15-13-12-14-16-28/h12-20,24-27,32-35H,21-23H2,1-11H3/t25-,26-,27-,32+,33+,34-,35-/m0/s1. The molecule has 2 aromatic carbocycles. The van der Waals surface area contributed by atoms with E-state index in [1.165, 1.54) is 0 Å². The molecule has 3 rings (SSSR count). The molecule has 0 aliphatic carbocycles. The predicted molar refractivity (Wildman–Crippen MR) is 176 cm³/mol. The Labute approximate surface area is 261 Å². The Kier molecular flexibility index (Phi) is 12.6. The van der Waals surface area contributed by atoms with Crippen molar-refractivity contribution >= 4 is 14.1 Å². The molecule has 6 nitrogen and oxygen atoms in total. The van der Waals surface area contributed by atoms with Crippen LogP contribution < -0.4 is 4.74 Å². The van der Waals surface area contributed by atoms with Gasteiger partial charge in [0, 0.05) is 29.7 Å². The minimum atomic E-state index is -2.17. The molecule has 0 unspecified atom stereocenters. The molecule has 1 saturated heterocycles. The summed E-state index contributed by atoms with van der Waals surface area (Å²) in [7, 11) is -0.513. The van der Waals surface area contributed by atoms with Crippen molar-refractivity contribution in [2.24, 2.45) is 23.7 Å². The lowest BCUT2D eigenvalue weighted by Crippen LogP contribution is -2.50. The van der Waals surface area contributed by atoms with E-state index in [-0.39, 0.29) is 52.8 Å². The first-order valence-corrected chi connectivity index (χ1v) is 18.8. The van der Waals surface area contributed by atoms with Gasteiger partial charge in [-0.3, -0.25) is 4.79 Å². The van der Waals surface area contributed by atoms with Crippen LogP contribution in [0.4, 0.5) is 0 Å². The summed E-state index contributed by atoms with van der Waals surface area (Å²) < 4.78 is 31.5. The SMILES string of the molecule is COc1ccc([C@@H]2O[C@H](C(C)C)[C@@H](C)[C@@H](CC(=O)[C@H](C)[C@@H](O[Si](C)(C)C(C)(C)C)[C@@H](C)COCc3ccccc3)O2)cc1. The molecule has 0 saturated carbocycles. The molecule has 7 atom stereocenters. The Morgan fingerprint density at radius 3 is 2.14 bits per heavy atom. The van der Waals surface area contributed by atoms with Crippen LogP contribution in [0, 0.1) is 23.7 Å². The second-order valence-corrected chi connectivity index (χ2v) is 19.0. The van der Waals surface area contributed by atoms with Gasteiger partial charge in [0.15, 0.2) is 14.6 Å². The number of benzene rings is 2. The van der Waals surface area contributed by atoms with Gasteiger partial charge in [-0.25, -0.2) is 0 Å². The van der Waals surface area contributed by atoms with Crippen LogP contribution in [0.5, 0.6) is 5.75 Å². The summed E-state index contributed by atoms with van der Waals surface area (Å²) in [6, 6.07) is 18.0. The molecular formula is C36H56O6Si. The minimum absolute atomic E-state index is 0.0209. The first kappa shape index (κ1) is 35.4. The smallest absolute Gasteiger partial charge is 0.192 e. The zero-order chi connectivity index (χ0) is 31.9. The van der Waals surface area contributed by atoms with Gasteiger partial charge in [-0.2, -0.15) is 0 Å². The minimum Gasteiger partial charge on any atom is -0.497 e. The van der Waals surface area contributed by atoms with Crippen molar-refractivity contribution in [2.75, 3.05) is 13.7 Å². The normalized spacial score (nSPS) is 23.5. The molecule has 240 valence electrons. The molecule has 1 aliphatic heterocycles. The number of Topliss-reactive ketones (excluding diaryl/α,β-unsaturated/α-hetero) is 1. The van der Waals surface area contributed by atoms with Crippen LogP contribution in [0.2, 0.25) is 18.1 Å². The van der Waals surface area contributed by atoms with E-state index in [1.807, 2.05) is 49.4 Å². The molecule has 0 spiro atoms. The van der Waals surface area contributed by atoms with Crippen molar-refractivity contribution in [1.29, 1.82) is 0 Å². The summed E-state index contributed by atoms with van der Waals surface area (Å²) in [4.78, 5) is 14.1. The highest BCUT2D eigenvalue weighted by atomic mass is 28.4. The second kappa shape index (κ2) is 15.3. The van der Waals surface area contributed by atoms with Crippen LogP contribution >= 0.6 is 0 Å². The summed E-state index contributed by atoms with van der Waals surface area (Å²) in [6.07, 6.45) is -0.763. The van der Waals surface area contributed by atoms with Gasteiger partial charge < -0.3 is 23.4 Å². The molecule has 0 bridgehead atoms. The average molecular weight is 613 g/mol. The fraction of sp³-hybridized carbons (Fsp3) is 0.639. The van der Waals surface area contributed by atoms with Crippen LogP contribution in [-0.4, -0.2) is 46.1 Å². The topological polar surface area (TPSA) is 63.2 Å². The summed E-state index contributed by atoms with van der Waals surface area (Å²) in [6.45, 7) is 22.9. The van der Waals surface area contributed by atoms with Gasteiger partial charge in [0.25, 0.3) is 0 Å². The molecule has 0 amide bonds. The molecule has 43 heavy (non-hydrogen) atoms. The molecular weight excluding hydrogens is 556 g/mol. The summed E-state index contributed by atoms with van der Waals surface area (Å²) in [5.74, 6) is 1.03. The first-order valence-electron chi connectivity index (χ1n) is 15.9. The number of ketones is 1. The summed E-state index contributed by atoms with van der Waals surface area (Å²) in [5, 5.41) is 0.0209. The van der Waals surface area contributed by atoms with E-state index in [9.17, 15) is 4.79 Å². The Balaban J connectivity index is 1.78. The lowest BCUT2D eigenvalue weighted by atomic mass is 9.83. The quantitative estimate of drug-likeness (QED) is 0.199. The largest absolute Gasteiger partial charge is 0.497 e. The molecule has 0 radical (unpaired) electrons. The first-order chi connectivity index (χ1) is 20.1. The highest BCUT2D eigenvalue weighted by Crippen LogP contribution is 2.41. The summed E-state index contributed by atoms with van der Waals surface area (Å²) in [5.41, 5.74) is 2.06. The van der Waals surface area contributed by atoms with E-state index in [2.05, 4.69) is 73.7 Å². The van der Waals surface area contributed by atoms with Gasteiger partial charge >= 0.3 is 0 Å². The van der Waals surface area contributed by atoms with Crippen LogP contribution in [0.1, 0.15) is 79.2 Å². The van der Waals surface area contributed by atoms with Crippen molar-refractivity contribution in [3.63, 3.8) is 0 Å². The fourth-order valence-electron chi connectivity index (χ4n) is 5.54. The van der Waals surface area contributed by atoms with Gasteiger partial charge in [0.05, 0.1) is 38.6 Å². The van der Waals surface area contributed by atoms with Crippen LogP contribution in [0.3, 0.4) is 0 Å². The molecule has 7 heteroatoms. The Hall–Kier alpha value is -2.03. The Bertz CT molecular complexity index is 1130. The van der Waals surface area contributed by atoms with Crippen molar-refractivity contribution < 1.29 is 28.2 Å². The highest BCUT2D eigenvalue weighted by Gasteiger charge is 2.44. The van der Waals surface area contributed by atoms with E-state index in [4.69, 9.17) is 23.4 Å². The average Bonchev–Trinajstić information content (AvgIpc) is 2.96. The monoisotopic (exact) mass is 612 g/mol. The number of carbonyl (C=O) groups is 1. The van der Waals surface area contributed by atoms with Gasteiger partial charge in [-0.1, -0.05) is 97.9 Å². The van der Waals surface area contributed by atoms with E-state index < -0.39 is 14.6 Å². The Morgan fingerprint density at radius 2 is 1.58 bits per heavy atom. The maximum Gasteiger partial charge on any atom is 0.192 e. The highest BCUT2D eigenvalue weighted by molar-refractivity contribution is 6.74. The van der Waals surface area contributed by atoms with Crippen LogP contribution in [-0.2, 0) is 30.0 Å². The number of hydrogen-bond acceptors (Lipinski definition) is 6. The van der Waals surface area contributed by atoms with E-state index in [0.29, 0.717) is 19.6 Å². The molecule has 1 heterocycles. The number of methoxy groups -OCH3 is 1. The van der Waals surface area contributed by atoms with Crippen LogP contribution in [0.25, 0.3) is 0 Å². The maximum absolute atomic E-state index is 14.1. The fourth-order valence-corrected chi connectivity index (χ4v) is 7.01. The van der Waals surface area contributed by atoms with Gasteiger partial charge in [-0.05, 0) is 41.7 Å². The lowest BCUT2D eigenvalue weighted by Gasteiger charge is -2.44. The molecule has 2 aromatic rings. The van der Waals surface area contributed by atoms with Crippen molar-refractivity contribution in [3.05, 3.63) is 65.7 Å². The van der Waals surface area contributed by atoms with Gasteiger partial charge in [-0.15, -0.1) is 0 Å². The third-order valence-electron chi connectivity index (χ3n) is 9.42. The van der Waals surface area contributed by atoms with Gasteiger partial charge in [0.2, 0.25) is 0 Å². The third kappa shape index (κ3) is 9.48. The van der Waals surface area contributed by atoms with Crippen LogP contribution in [0.15, 0.2) is 54.6 Å². The summed E-state index contributed by atoms with van der Waals surface area (Å²) >= 11 is 0. The molecule has 0 aromatic heterocycles. The molecule has 1 aliphatic rings. The van der Waals surface area contributed by atoms with E-state index in [0.717, 1.165) is 16.9 Å². The zero-order valence-corrected chi connectivity index (χ0v) is 29.4. The van der Waals surface area contributed by atoms with Gasteiger partial charge in [0.1, 0.15) is 11.5 Å². The molecule has 1 fully saturated rings. The number of ether oxygens (including phenoxy) is 4. The third-order valence-corrected chi connectivity index (χ3v) is 13.9. The molecule has 0 N–H and O–H groups in total. The number of hydrogen-bond donors (Lipinski definition) is 0. The Morgan fingerprint density at radius 1 is 0.953 bits per heavy atom. The van der Waals surface area contributed by atoms with Crippen molar-refractivity contribution in [3.8, 4) is 5.75 Å².